The van der Waals surface area contributed by atoms with Crippen LogP contribution in [0.2, 0.25) is 5.15 Å². The molecule has 1 heterocycles. The molecule has 1 amide bonds. The first-order chi connectivity index (χ1) is 8.63. The maximum Gasteiger partial charge on any atom is 0.408 e. The Morgan fingerprint density at radius 3 is 2.26 bits per heavy atom. The number of hydrogen-bond donors (Lipinski definition) is 1. The summed E-state index contributed by atoms with van der Waals surface area (Å²) in [7, 11) is 0. The van der Waals surface area contributed by atoms with Gasteiger partial charge in [0, 0.05) is 17.3 Å². The van der Waals surface area contributed by atoms with E-state index in [1.165, 1.54) is 12.3 Å². The van der Waals surface area contributed by atoms with Crippen LogP contribution in [0.4, 0.5) is 4.79 Å². The number of amides is 1. The van der Waals surface area contributed by atoms with E-state index in [0.717, 1.165) is 4.90 Å². The van der Waals surface area contributed by atoms with Gasteiger partial charge in [-0.05, 0) is 33.8 Å². The van der Waals surface area contributed by atoms with Gasteiger partial charge >= 0.3 is 6.09 Å². The Kier molecular flexibility index (Phi) is 4.20. The monoisotopic (exact) mass is 284 g/mol. The van der Waals surface area contributed by atoms with Crippen molar-refractivity contribution >= 4 is 24.0 Å². The number of carbonyl (C=O) groups excluding carboxylic acids is 1. The molecular weight excluding hydrogens is 268 g/mol. The van der Waals surface area contributed by atoms with Gasteiger partial charge in [-0.2, -0.15) is 0 Å². The molecule has 0 aliphatic rings. The van der Waals surface area contributed by atoms with Gasteiger partial charge in [0.2, 0.25) is 0 Å². The first-order valence-corrected chi connectivity index (χ1v) is 6.12. The molecule has 1 rings (SSSR count). The zero-order chi connectivity index (χ0) is 14.8. The van der Waals surface area contributed by atoms with Crippen LogP contribution in [0.5, 0.6) is 0 Å². The second-order valence-corrected chi connectivity index (χ2v) is 5.81. The van der Waals surface area contributed by atoms with Crippen LogP contribution in [0.1, 0.15) is 33.3 Å². The highest BCUT2D eigenvalue weighted by Crippen LogP contribution is 2.32. The van der Waals surface area contributed by atoms with Crippen molar-refractivity contribution in [3.05, 3.63) is 29.0 Å². The van der Waals surface area contributed by atoms with Crippen molar-refractivity contribution < 1.29 is 14.7 Å². The lowest BCUT2D eigenvalue weighted by Gasteiger charge is -2.44. The van der Waals surface area contributed by atoms with Crippen LogP contribution >= 0.6 is 11.6 Å². The fourth-order valence-electron chi connectivity index (χ4n) is 2.11. The van der Waals surface area contributed by atoms with E-state index in [-0.39, 0.29) is 5.15 Å². The molecule has 0 saturated heterocycles. The van der Waals surface area contributed by atoms with Crippen LogP contribution in [0.3, 0.4) is 0 Å². The van der Waals surface area contributed by atoms with E-state index in [4.69, 9.17) is 11.6 Å². The molecule has 1 aromatic heterocycles. The Morgan fingerprint density at radius 2 is 1.95 bits per heavy atom. The highest BCUT2D eigenvalue weighted by Gasteiger charge is 2.43. The van der Waals surface area contributed by atoms with Gasteiger partial charge in [-0.3, -0.25) is 4.90 Å². The molecule has 1 unspecified atom stereocenters. The number of rotatable bonds is 3. The minimum atomic E-state index is -1.32. The molecule has 104 valence electrons. The first kappa shape index (κ1) is 15.4. The van der Waals surface area contributed by atoms with Crippen molar-refractivity contribution in [1.82, 2.24) is 9.88 Å². The standard InChI is InChI=1S/C13H17ClN2O3/c1-12(2,3)16(11(18)19)13(4,8-17)9-5-6-10(14)15-7-9/h5-8H,1-4H3,(H,18,19). The van der Waals surface area contributed by atoms with E-state index in [2.05, 4.69) is 4.98 Å². The molecule has 1 atom stereocenters. The minimum Gasteiger partial charge on any atom is -0.465 e. The SMILES string of the molecule is CC(C)(C)N(C(=O)O)C(C)(C=O)c1ccc(Cl)nc1. The molecule has 5 nitrogen and oxygen atoms in total. The van der Waals surface area contributed by atoms with E-state index in [1.807, 2.05) is 0 Å². The van der Waals surface area contributed by atoms with Crippen LogP contribution in [0, 0.1) is 0 Å². The topological polar surface area (TPSA) is 70.5 Å². The number of aromatic nitrogens is 1. The molecule has 19 heavy (non-hydrogen) atoms. The molecular formula is C13H17ClN2O3. The molecule has 0 aliphatic carbocycles. The zero-order valence-corrected chi connectivity index (χ0v) is 12.1. The average molecular weight is 285 g/mol. The third kappa shape index (κ3) is 3.04. The van der Waals surface area contributed by atoms with Crippen molar-refractivity contribution in [2.45, 2.75) is 38.8 Å². The van der Waals surface area contributed by atoms with Gasteiger partial charge in [-0.1, -0.05) is 17.7 Å². The predicted molar refractivity (Wildman–Crippen MR) is 72.3 cm³/mol. The summed E-state index contributed by atoms with van der Waals surface area (Å²) in [6, 6.07) is 3.13. The third-order valence-electron chi connectivity index (χ3n) is 2.87. The maximum atomic E-state index is 11.5. The van der Waals surface area contributed by atoms with E-state index >= 15 is 0 Å². The van der Waals surface area contributed by atoms with Gasteiger partial charge < -0.3 is 9.90 Å². The quantitative estimate of drug-likeness (QED) is 0.684. The summed E-state index contributed by atoms with van der Waals surface area (Å²) in [5.74, 6) is 0. The van der Waals surface area contributed by atoms with Crippen LogP contribution in [0.15, 0.2) is 18.3 Å². The summed E-state index contributed by atoms with van der Waals surface area (Å²) < 4.78 is 0. The number of carbonyl (C=O) groups is 2. The van der Waals surface area contributed by atoms with E-state index in [1.54, 1.807) is 33.8 Å². The molecule has 1 N–H and O–H groups in total. The van der Waals surface area contributed by atoms with Gasteiger partial charge in [0.1, 0.15) is 17.0 Å². The van der Waals surface area contributed by atoms with Crippen molar-refractivity contribution in [2.75, 3.05) is 0 Å². The van der Waals surface area contributed by atoms with E-state index in [0.29, 0.717) is 11.8 Å². The summed E-state index contributed by atoms with van der Waals surface area (Å²) in [5, 5.41) is 9.70. The lowest BCUT2D eigenvalue weighted by atomic mass is 9.88. The number of halogens is 1. The highest BCUT2D eigenvalue weighted by molar-refractivity contribution is 6.29. The largest absolute Gasteiger partial charge is 0.465 e. The van der Waals surface area contributed by atoms with E-state index < -0.39 is 17.2 Å². The molecule has 0 aromatic carbocycles. The highest BCUT2D eigenvalue weighted by atomic mass is 35.5. The molecule has 0 saturated carbocycles. The Hall–Kier alpha value is -1.62. The molecule has 0 bridgehead atoms. The lowest BCUT2D eigenvalue weighted by molar-refractivity contribution is -0.120. The zero-order valence-electron chi connectivity index (χ0n) is 11.3. The normalized spacial score (nSPS) is 14.6. The number of aldehydes is 1. The van der Waals surface area contributed by atoms with Gasteiger partial charge in [0.25, 0.3) is 0 Å². The predicted octanol–water partition coefficient (Wildman–Crippen LogP) is 2.93. The molecule has 0 spiro atoms. The second-order valence-electron chi connectivity index (χ2n) is 5.42. The van der Waals surface area contributed by atoms with Crippen molar-refractivity contribution in [1.29, 1.82) is 0 Å². The summed E-state index contributed by atoms with van der Waals surface area (Å²) in [5.41, 5.74) is -1.58. The molecule has 1 aromatic rings. The number of pyridine rings is 1. The minimum absolute atomic E-state index is 0.287. The Bertz CT molecular complexity index is 482. The molecule has 6 heteroatoms. The Morgan fingerprint density at radius 1 is 1.37 bits per heavy atom. The number of nitrogens with zero attached hydrogens (tertiary/aromatic N) is 2. The smallest absolute Gasteiger partial charge is 0.408 e. The van der Waals surface area contributed by atoms with Crippen molar-refractivity contribution in [2.24, 2.45) is 0 Å². The Labute approximate surface area is 117 Å². The lowest BCUT2D eigenvalue weighted by Crippen LogP contribution is -2.57. The maximum absolute atomic E-state index is 11.5. The van der Waals surface area contributed by atoms with Crippen LogP contribution in [0.25, 0.3) is 0 Å². The van der Waals surface area contributed by atoms with Crippen molar-refractivity contribution in [3.8, 4) is 0 Å². The summed E-state index contributed by atoms with van der Waals surface area (Å²) in [4.78, 5) is 28.1. The third-order valence-corrected chi connectivity index (χ3v) is 3.09. The fraction of sp³-hybridized carbons (Fsp3) is 0.462. The molecule has 0 aliphatic heterocycles. The summed E-state index contributed by atoms with van der Waals surface area (Å²) in [6.07, 6.45) is 0.854. The Balaban J connectivity index is 3.40. The van der Waals surface area contributed by atoms with Gasteiger partial charge in [0.05, 0.1) is 0 Å². The van der Waals surface area contributed by atoms with E-state index in [9.17, 15) is 14.7 Å². The molecule has 0 fully saturated rings. The van der Waals surface area contributed by atoms with Gasteiger partial charge in [-0.25, -0.2) is 9.78 Å². The number of carboxylic acid groups (broad SMARTS) is 1. The second kappa shape index (κ2) is 5.17. The fourth-order valence-corrected chi connectivity index (χ4v) is 2.22. The first-order valence-electron chi connectivity index (χ1n) is 5.74. The average Bonchev–Trinajstić information content (AvgIpc) is 2.27. The number of hydrogen-bond acceptors (Lipinski definition) is 3. The summed E-state index contributed by atoms with van der Waals surface area (Å²) in [6.45, 7) is 6.73. The van der Waals surface area contributed by atoms with Gasteiger partial charge in [-0.15, -0.1) is 0 Å². The summed E-state index contributed by atoms with van der Waals surface area (Å²) >= 11 is 5.71. The van der Waals surface area contributed by atoms with Crippen molar-refractivity contribution in [3.63, 3.8) is 0 Å². The van der Waals surface area contributed by atoms with Gasteiger partial charge in [0.15, 0.2) is 0 Å². The molecule has 0 radical (unpaired) electrons. The van der Waals surface area contributed by atoms with Crippen LogP contribution < -0.4 is 0 Å². The van der Waals surface area contributed by atoms with Crippen LogP contribution in [-0.4, -0.2) is 32.9 Å². The van der Waals surface area contributed by atoms with Crippen LogP contribution in [-0.2, 0) is 10.3 Å².